The number of benzene rings is 2. The van der Waals surface area contributed by atoms with Gasteiger partial charge in [-0.2, -0.15) is 0 Å². The molecule has 3 rings (SSSR count). The summed E-state index contributed by atoms with van der Waals surface area (Å²) in [5, 5.41) is 6.98. The highest BCUT2D eigenvalue weighted by atomic mass is 16.5. The van der Waals surface area contributed by atoms with Crippen molar-refractivity contribution in [2.24, 2.45) is 0 Å². The Morgan fingerprint density at radius 1 is 0.958 bits per heavy atom. The van der Waals surface area contributed by atoms with Crippen LogP contribution in [0.15, 0.2) is 59.1 Å². The molecule has 0 aliphatic carbocycles. The topological polar surface area (TPSA) is 55.1 Å². The fourth-order valence-electron chi connectivity index (χ4n) is 2.77. The van der Waals surface area contributed by atoms with Crippen LogP contribution in [0.25, 0.3) is 0 Å². The third-order valence-corrected chi connectivity index (χ3v) is 4.08. The van der Waals surface area contributed by atoms with Crippen molar-refractivity contribution < 1.29 is 9.32 Å². The molecule has 0 bridgehead atoms. The van der Waals surface area contributed by atoms with Gasteiger partial charge in [-0.3, -0.25) is 4.79 Å². The predicted octanol–water partition coefficient (Wildman–Crippen LogP) is 4.12. The number of aromatic nitrogens is 1. The second-order valence-electron chi connectivity index (χ2n) is 5.93. The third-order valence-electron chi connectivity index (χ3n) is 4.08. The quantitative estimate of drug-likeness (QED) is 0.787. The van der Waals surface area contributed by atoms with Gasteiger partial charge in [-0.15, -0.1) is 0 Å². The number of hydrogen-bond acceptors (Lipinski definition) is 3. The molecule has 122 valence electrons. The minimum Gasteiger partial charge on any atom is -0.361 e. The van der Waals surface area contributed by atoms with Gasteiger partial charge in [0.05, 0.1) is 11.7 Å². The van der Waals surface area contributed by atoms with Crippen molar-refractivity contribution >= 4 is 5.91 Å². The molecule has 1 aromatic heterocycles. The molecule has 0 aliphatic rings. The number of rotatable bonds is 4. The van der Waals surface area contributed by atoms with Crippen molar-refractivity contribution in [2.75, 3.05) is 0 Å². The van der Waals surface area contributed by atoms with Crippen LogP contribution in [0.5, 0.6) is 0 Å². The van der Waals surface area contributed by atoms with Gasteiger partial charge in [0.25, 0.3) is 5.91 Å². The Bertz CT molecular complexity index is 816. The summed E-state index contributed by atoms with van der Waals surface area (Å²) in [7, 11) is 0. The summed E-state index contributed by atoms with van der Waals surface area (Å²) in [6.45, 7) is 5.57. The Morgan fingerprint density at radius 2 is 1.58 bits per heavy atom. The van der Waals surface area contributed by atoms with E-state index in [9.17, 15) is 4.79 Å². The molecule has 4 heteroatoms. The molecule has 3 aromatic rings. The molecule has 0 spiro atoms. The normalized spacial score (nSPS) is 12.0. The second kappa shape index (κ2) is 6.71. The Morgan fingerprint density at radius 3 is 2.17 bits per heavy atom. The van der Waals surface area contributed by atoms with Crippen LogP contribution in [-0.2, 0) is 0 Å². The lowest BCUT2D eigenvalue weighted by molar-refractivity contribution is 0.0941. The highest BCUT2D eigenvalue weighted by molar-refractivity contribution is 5.96. The van der Waals surface area contributed by atoms with Crippen molar-refractivity contribution in [1.29, 1.82) is 0 Å². The van der Waals surface area contributed by atoms with Crippen LogP contribution in [0.2, 0.25) is 0 Å². The first kappa shape index (κ1) is 16.0. The van der Waals surface area contributed by atoms with E-state index in [-0.39, 0.29) is 11.9 Å². The molecule has 1 heterocycles. The Balaban J connectivity index is 1.96. The largest absolute Gasteiger partial charge is 0.361 e. The lowest BCUT2D eigenvalue weighted by Crippen LogP contribution is -2.30. The van der Waals surface area contributed by atoms with E-state index in [4.69, 9.17) is 4.52 Å². The number of nitrogens with zero attached hydrogens (tertiary/aromatic N) is 1. The molecule has 0 radical (unpaired) electrons. The van der Waals surface area contributed by atoms with Gasteiger partial charge >= 0.3 is 0 Å². The van der Waals surface area contributed by atoms with Crippen molar-refractivity contribution in [1.82, 2.24) is 10.5 Å². The predicted molar refractivity (Wildman–Crippen MR) is 92.9 cm³/mol. The molecule has 1 unspecified atom stereocenters. The monoisotopic (exact) mass is 320 g/mol. The molecular weight excluding hydrogens is 300 g/mol. The highest BCUT2D eigenvalue weighted by Gasteiger charge is 2.22. The van der Waals surface area contributed by atoms with E-state index in [2.05, 4.69) is 10.5 Å². The minimum atomic E-state index is -0.229. The van der Waals surface area contributed by atoms with Crippen LogP contribution in [0.1, 0.15) is 44.5 Å². The molecule has 2 aromatic carbocycles. The minimum absolute atomic E-state index is 0.180. The average molecular weight is 320 g/mol. The van der Waals surface area contributed by atoms with Gasteiger partial charge in [0.15, 0.2) is 0 Å². The molecule has 1 atom stereocenters. The zero-order valence-electron chi connectivity index (χ0n) is 14.0. The lowest BCUT2D eigenvalue weighted by atomic mass is 9.97. The number of hydrogen-bond donors (Lipinski definition) is 1. The summed E-state index contributed by atoms with van der Waals surface area (Å²) in [5.74, 6) is 0.349. The first-order valence-corrected chi connectivity index (χ1v) is 7.91. The SMILES string of the molecule is Cc1ccc(C(NC(=O)c2c(C)noc2C)c2ccccc2)cc1. The van der Waals surface area contributed by atoms with Crippen molar-refractivity contribution in [3.63, 3.8) is 0 Å². The van der Waals surface area contributed by atoms with Crippen LogP contribution < -0.4 is 5.32 Å². The molecule has 0 aliphatic heterocycles. The van der Waals surface area contributed by atoms with Crippen LogP contribution >= 0.6 is 0 Å². The van der Waals surface area contributed by atoms with E-state index in [0.717, 1.165) is 11.1 Å². The fraction of sp³-hybridized carbons (Fsp3) is 0.200. The summed E-state index contributed by atoms with van der Waals surface area (Å²) >= 11 is 0. The van der Waals surface area contributed by atoms with Gasteiger partial charge in [-0.1, -0.05) is 65.3 Å². The summed E-state index contributed by atoms with van der Waals surface area (Å²) in [4.78, 5) is 12.8. The highest BCUT2D eigenvalue weighted by Crippen LogP contribution is 2.24. The zero-order chi connectivity index (χ0) is 17.1. The van der Waals surface area contributed by atoms with E-state index in [0.29, 0.717) is 17.0 Å². The first-order valence-electron chi connectivity index (χ1n) is 7.91. The van der Waals surface area contributed by atoms with Gasteiger partial charge in [-0.25, -0.2) is 0 Å². The van der Waals surface area contributed by atoms with E-state index in [1.807, 2.05) is 61.5 Å². The maximum Gasteiger partial charge on any atom is 0.257 e. The van der Waals surface area contributed by atoms with Crippen LogP contribution in [0.3, 0.4) is 0 Å². The average Bonchev–Trinajstić information content (AvgIpc) is 2.93. The van der Waals surface area contributed by atoms with E-state index in [1.54, 1.807) is 13.8 Å². The molecule has 0 saturated carbocycles. The Labute approximate surface area is 141 Å². The van der Waals surface area contributed by atoms with Gasteiger partial charge in [-0.05, 0) is 31.9 Å². The number of nitrogens with one attached hydrogen (secondary N) is 1. The van der Waals surface area contributed by atoms with Crippen LogP contribution in [0.4, 0.5) is 0 Å². The van der Waals surface area contributed by atoms with E-state index < -0.39 is 0 Å². The van der Waals surface area contributed by atoms with Crippen LogP contribution in [0, 0.1) is 20.8 Å². The van der Waals surface area contributed by atoms with Gasteiger partial charge < -0.3 is 9.84 Å². The summed E-state index contributed by atoms with van der Waals surface area (Å²) in [6, 6.07) is 17.9. The Kier molecular flexibility index (Phi) is 4.47. The second-order valence-corrected chi connectivity index (χ2v) is 5.93. The maximum atomic E-state index is 12.8. The van der Waals surface area contributed by atoms with Crippen molar-refractivity contribution in [2.45, 2.75) is 26.8 Å². The number of carbonyl (C=O) groups excluding carboxylic acids is 1. The molecule has 4 nitrogen and oxygen atoms in total. The molecule has 24 heavy (non-hydrogen) atoms. The number of aryl methyl sites for hydroxylation is 3. The van der Waals surface area contributed by atoms with Crippen molar-refractivity contribution in [3.05, 3.63) is 88.3 Å². The van der Waals surface area contributed by atoms with Crippen LogP contribution in [-0.4, -0.2) is 11.1 Å². The summed E-state index contributed by atoms with van der Waals surface area (Å²) in [5.41, 5.74) is 4.35. The summed E-state index contributed by atoms with van der Waals surface area (Å²) in [6.07, 6.45) is 0. The number of carbonyl (C=O) groups is 1. The maximum absolute atomic E-state index is 12.8. The Hall–Kier alpha value is -2.88. The first-order chi connectivity index (χ1) is 11.6. The smallest absolute Gasteiger partial charge is 0.257 e. The molecule has 0 saturated heterocycles. The van der Waals surface area contributed by atoms with Crippen molar-refractivity contribution in [3.8, 4) is 0 Å². The molecular formula is C20H20N2O2. The van der Waals surface area contributed by atoms with Gasteiger partial charge in [0, 0.05) is 0 Å². The molecule has 0 fully saturated rings. The van der Waals surface area contributed by atoms with E-state index in [1.165, 1.54) is 5.56 Å². The standard InChI is InChI=1S/C20H20N2O2/c1-13-9-11-17(12-10-13)19(16-7-5-4-6-8-16)21-20(23)18-14(2)22-24-15(18)3/h4-12,19H,1-3H3,(H,21,23). The van der Waals surface area contributed by atoms with E-state index >= 15 is 0 Å². The third kappa shape index (κ3) is 3.23. The zero-order valence-corrected chi connectivity index (χ0v) is 14.0. The fourth-order valence-corrected chi connectivity index (χ4v) is 2.77. The molecule has 1 N–H and O–H groups in total. The molecule has 1 amide bonds. The summed E-state index contributed by atoms with van der Waals surface area (Å²) < 4.78 is 5.11. The number of amides is 1. The van der Waals surface area contributed by atoms with Gasteiger partial charge in [0.2, 0.25) is 0 Å². The van der Waals surface area contributed by atoms with Gasteiger partial charge in [0.1, 0.15) is 11.3 Å². The lowest BCUT2D eigenvalue weighted by Gasteiger charge is -2.20.